The SMILES string of the molecule is CCC(C)CC(C)NS(=O)(=O)C(C#N)CC. The molecule has 0 rings (SSSR count). The largest absolute Gasteiger partial charge is 0.228 e. The van der Waals surface area contributed by atoms with Crippen LogP contribution in [0.1, 0.15) is 47.0 Å². The van der Waals surface area contributed by atoms with Crippen molar-refractivity contribution in [2.45, 2.75) is 58.2 Å². The molecule has 0 fully saturated rings. The van der Waals surface area contributed by atoms with Crippen LogP contribution in [0.4, 0.5) is 0 Å². The van der Waals surface area contributed by atoms with Crippen molar-refractivity contribution < 1.29 is 8.42 Å². The summed E-state index contributed by atoms with van der Waals surface area (Å²) in [4.78, 5) is 0. The minimum Gasteiger partial charge on any atom is -0.211 e. The lowest BCUT2D eigenvalue weighted by atomic mass is 10.0. The maximum Gasteiger partial charge on any atom is 0.228 e. The molecule has 16 heavy (non-hydrogen) atoms. The van der Waals surface area contributed by atoms with Crippen LogP contribution >= 0.6 is 0 Å². The van der Waals surface area contributed by atoms with Crippen LogP contribution in [0, 0.1) is 17.2 Å². The van der Waals surface area contributed by atoms with Crippen LogP contribution in [-0.4, -0.2) is 19.7 Å². The number of rotatable bonds is 7. The van der Waals surface area contributed by atoms with Gasteiger partial charge in [-0.3, -0.25) is 0 Å². The first-order valence-corrected chi connectivity index (χ1v) is 7.32. The van der Waals surface area contributed by atoms with Gasteiger partial charge >= 0.3 is 0 Å². The molecule has 0 spiro atoms. The Kier molecular flexibility index (Phi) is 6.61. The fourth-order valence-electron chi connectivity index (χ4n) is 1.56. The topological polar surface area (TPSA) is 70.0 Å². The van der Waals surface area contributed by atoms with Crippen LogP contribution in [0.2, 0.25) is 0 Å². The van der Waals surface area contributed by atoms with Gasteiger partial charge in [-0.05, 0) is 25.7 Å². The molecule has 0 aromatic carbocycles. The zero-order valence-corrected chi connectivity index (χ0v) is 11.3. The van der Waals surface area contributed by atoms with E-state index in [1.165, 1.54) is 0 Å². The molecule has 5 heteroatoms. The Bertz CT molecular complexity index is 332. The second kappa shape index (κ2) is 6.87. The molecule has 3 atom stereocenters. The van der Waals surface area contributed by atoms with Crippen molar-refractivity contribution in [2.24, 2.45) is 5.92 Å². The summed E-state index contributed by atoms with van der Waals surface area (Å²) in [5, 5.41) is 7.80. The lowest BCUT2D eigenvalue weighted by Crippen LogP contribution is -2.39. The van der Waals surface area contributed by atoms with E-state index in [0.29, 0.717) is 12.3 Å². The molecule has 0 amide bonds. The van der Waals surface area contributed by atoms with Gasteiger partial charge < -0.3 is 0 Å². The van der Waals surface area contributed by atoms with E-state index in [1.54, 1.807) is 6.92 Å². The number of sulfonamides is 1. The molecular formula is C11H22N2O2S. The van der Waals surface area contributed by atoms with Crippen LogP contribution in [0.3, 0.4) is 0 Å². The first-order chi connectivity index (χ1) is 7.37. The quantitative estimate of drug-likeness (QED) is 0.747. The number of nitriles is 1. The Morgan fingerprint density at radius 3 is 2.19 bits per heavy atom. The zero-order chi connectivity index (χ0) is 12.8. The predicted molar refractivity (Wildman–Crippen MR) is 65.3 cm³/mol. The maximum absolute atomic E-state index is 11.7. The molecule has 3 unspecified atom stereocenters. The van der Waals surface area contributed by atoms with Gasteiger partial charge in [0.1, 0.15) is 0 Å². The fraction of sp³-hybridized carbons (Fsp3) is 0.909. The van der Waals surface area contributed by atoms with Gasteiger partial charge in [-0.15, -0.1) is 0 Å². The monoisotopic (exact) mass is 246 g/mol. The lowest BCUT2D eigenvalue weighted by Gasteiger charge is -2.19. The summed E-state index contributed by atoms with van der Waals surface area (Å²) in [5.74, 6) is 0.486. The van der Waals surface area contributed by atoms with E-state index in [2.05, 4.69) is 18.6 Å². The molecular weight excluding hydrogens is 224 g/mol. The van der Waals surface area contributed by atoms with E-state index in [4.69, 9.17) is 5.26 Å². The standard InChI is InChI=1S/C11H22N2O2S/c1-5-9(3)7-10(4)13-16(14,15)11(6-2)8-12/h9-11,13H,5-7H2,1-4H3. The number of hydrogen-bond acceptors (Lipinski definition) is 3. The van der Waals surface area contributed by atoms with Crippen LogP contribution in [-0.2, 0) is 10.0 Å². The van der Waals surface area contributed by atoms with Crippen LogP contribution < -0.4 is 4.72 Å². The Morgan fingerprint density at radius 2 is 1.81 bits per heavy atom. The highest BCUT2D eigenvalue weighted by molar-refractivity contribution is 7.90. The second-order valence-electron chi connectivity index (χ2n) is 4.34. The van der Waals surface area contributed by atoms with Crippen molar-refractivity contribution >= 4 is 10.0 Å². The van der Waals surface area contributed by atoms with E-state index in [1.807, 2.05) is 13.0 Å². The molecule has 0 aromatic rings. The van der Waals surface area contributed by atoms with Gasteiger partial charge in [0.15, 0.2) is 5.25 Å². The molecule has 0 aliphatic carbocycles. The third kappa shape index (κ3) is 4.95. The minimum atomic E-state index is -3.49. The number of nitrogens with zero attached hydrogens (tertiary/aromatic N) is 1. The van der Waals surface area contributed by atoms with Gasteiger partial charge in [0.25, 0.3) is 0 Å². The maximum atomic E-state index is 11.7. The van der Waals surface area contributed by atoms with Crippen molar-refractivity contribution in [1.29, 1.82) is 5.26 Å². The normalized spacial score (nSPS) is 17.4. The van der Waals surface area contributed by atoms with Crippen molar-refractivity contribution in [3.8, 4) is 6.07 Å². The first-order valence-electron chi connectivity index (χ1n) is 5.78. The average molecular weight is 246 g/mol. The number of nitrogens with one attached hydrogen (secondary N) is 1. The third-order valence-corrected chi connectivity index (χ3v) is 4.63. The molecule has 1 N–H and O–H groups in total. The van der Waals surface area contributed by atoms with E-state index < -0.39 is 15.3 Å². The Labute approximate surface area is 99.1 Å². The molecule has 0 aliphatic rings. The molecule has 0 saturated heterocycles. The molecule has 0 radical (unpaired) electrons. The van der Waals surface area contributed by atoms with Crippen molar-refractivity contribution in [3.63, 3.8) is 0 Å². The Balaban J connectivity index is 4.43. The highest BCUT2D eigenvalue weighted by atomic mass is 32.2. The van der Waals surface area contributed by atoms with E-state index in [9.17, 15) is 8.42 Å². The summed E-state index contributed by atoms with van der Waals surface area (Å²) >= 11 is 0. The highest BCUT2D eigenvalue weighted by Gasteiger charge is 2.25. The van der Waals surface area contributed by atoms with Gasteiger partial charge in [-0.2, -0.15) is 5.26 Å². The van der Waals surface area contributed by atoms with Crippen LogP contribution in [0.25, 0.3) is 0 Å². The fourth-order valence-corrected chi connectivity index (χ4v) is 2.96. The summed E-state index contributed by atoms with van der Waals surface area (Å²) in [6.07, 6.45) is 2.15. The van der Waals surface area contributed by atoms with Gasteiger partial charge in [-0.1, -0.05) is 27.2 Å². The van der Waals surface area contributed by atoms with Crippen molar-refractivity contribution in [1.82, 2.24) is 4.72 Å². The Hall–Kier alpha value is -0.600. The van der Waals surface area contributed by atoms with Gasteiger partial charge in [0.05, 0.1) is 6.07 Å². The lowest BCUT2D eigenvalue weighted by molar-refractivity contribution is 0.444. The van der Waals surface area contributed by atoms with Gasteiger partial charge in [0.2, 0.25) is 10.0 Å². The van der Waals surface area contributed by atoms with Gasteiger partial charge in [0, 0.05) is 6.04 Å². The third-order valence-electron chi connectivity index (χ3n) is 2.71. The smallest absolute Gasteiger partial charge is 0.211 e. The number of hydrogen-bond donors (Lipinski definition) is 1. The summed E-state index contributed by atoms with van der Waals surface area (Å²) in [6.45, 7) is 7.71. The van der Waals surface area contributed by atoms with Crippen molar-refractivity contribution in [3.05, 3.63) is 0 Å². The van der Waals surface area contributed by atoms with Crippen LogP contribution in [0.5, 0.6) is 0 Å². The van der Waals surface area contributed by atoms with E-state index in [0.717, 1.165) is 12.8 Å². The van der Waals surface area contributed by atoms with Gasteiger partial charge in [-0.25, -0.2) is 13.1 Å². The Morgan fingerprint density at radius 1 is 1.25 bits per heavy atom. The second-order valence-corrected chi connectivity index (χ2v) is 6.23. The molecule has 0 heterocycles. The molecule has 0 aromatic heterocycles. The van der Waals surface area contributed by atoms with Crippen molar-refractivity contribution in [2.75, 3.05) is 0 Å². The molecule has 0 bridgehead atoms. The molecule has 0 aliphatic heterocycles. The highest BCUT2D eigenvalue weighted by Crippen LogP contribution is 2.12. The minimum absolute atomic E-state index is 0.109. The summed E-state index contributed by atoms with van der Waals surface area (Å²) < 4.78 is 26.1. The molecule has 94 valence electrons. The summed E-state index contributed by atoms with van der Waals surface area (Å²) in [7, 11) is -3.49. The first kappa shape index (κ1) is 15.4. The predicted octanol–water partition coefficient (Wildman–Crippen LogP) is 2.03. The van der Waals surface area contributed by atoms with Crippen LogP contribution in [0.15, 0.2) is 0 Å². The zero-order valence-electron chi connectivity index (χ0n) is 10.5. The van der Waals surface area contributed by atoms with E-state index >= 15 is 0 Å². The summed E-state index contributed by atoms with van der Waals surface area (Å²) in [5.41, 5.74) is 0. The molecule has 4 nitrogen and oxygen atoms in total. The summed E-state index contributed by atoms with van der Waals surface area (Å²) in [6, 6.07) is 1.71. The molecule has 0 saturated carbocycles. The average Bonchev–Trinajstić information content (AvgIpc) is 2.17. The van der Waals surface area contributed by atoms with E-state index in [-0.39, 0.29) is 6.04 Å².